The summed E-state index contributed by atoms with van der Waals surface area (Å²) in [5.74, 6) is 2.59. The van der Waals surface area contributed by atoms with E-state index in [9.17, 15) is 0 Å². The summed E-state index contributed by atoms with van der Waals surface area (Å²) in [6, 6.07) is 59.9. The Morgan fingerprint density at radius 2 is 1.21 bits per heavy atom. The molecule has 3 heterocycles. The maximum atomic E-state index is 8.31. The summed E-state index contributed by atoms with van der Waals surface area (Å²) in [6.45, 7) is 2.56. The maximum absolute atomic E-state index is 8.31. The number of rotatable bonds is 5. The lowest BCUT2D eigenvalue weighted by Crippen LogP contribution is -2.75. The number of aryl methyl sites for hydroxylation is 1. The molecule has 2 aromatic heterocycles. The lowest BCUT2D eigenvalue weighted by Gasteiger charge is -2.40. The Hall–Kier alpha value is -5.96. The number of aromatic nitrogens is 3. The molecule has 1 aliphatic rings. The first-order valence-electron chi connectivity index (χ1n) is 19.2. The Balaban J connectivity index is 1.30. The van der Waals surface area contributed by atoms with Crippen molar-refractivity contribution in [3.8, 4) is 17.2 Å². The van der Waals surface area contributed by atoms with Crippen molar-refractivity contribution in [3.05, 3.63) is 175 Å². The third-order valence-corrected chi connectivity index (χ3v) is 19.3. The fraction of sp³-hybridized carbons (Fsp3) is 0.0652. The summed E-state index contributed by atoms with van der Waals surface area (Å²) in [7, 11) is -5.28. The smallest absolute Gasteiger partial charge is 0.220 e. The number of para-hydroxylation sites is 5. The molecule has 0 atom stereocenters. The third-order valence-electron chi connectivity index (χ3n) is 11.0. The summed E-state index contributed by atoms with van der Waals surface area (Å²) in [6.07, 6.45) is 0. The van der Waals surface area contributed by atoms with Gasteiger partial charge in [-0.25, -0.2) is 4.98 Å². The number of imidazole rings is 2. The van der Waals surface area contributed by atoms with Crippen LogP contribution in [0.5, 0.6) is 11.5 Å². The molecule has 250 valence electrons. The highest BCUT2D eigenvalue weighted by atomic mass is 28.3. The quantitative estimate of drug-likeness (QED) is 0.142. The molecule has 6 heteroatoms. The van der Waals surface area contributed by atoms with Gasteiger partial charge in [0.25, 0.3) is 0 Å². The van der Waals surface area contributed by atoms with Crippen LogP contribution in [-0.2, 0) is 0 Å². The van der Waals surface area contributed by atoms with E-state index in [1.807, 2.05) is 24.3 Å². The van der Waals surface area contributed by atoms with Crippen molar-refractivity contribution in [1.82, 2.24) is 14.0 Å². The van der Waals surface area contributed by atoms with Crippen molar-refractivity contribution in [2.75, 3.05) is 0 Å². The van der Waals surface area contributed by atoms with Crippen LogP contribution in [0.15, 0.2) is 170 Å². The minimum absolute atomic E-state index is 0.250. The predicted molar refractivity (Wildman–Crippen MR) is 221 cm³/mol. The number of fused-ring (bicyclic) bond motifs is 7. The third kappa shape index (κ3) is 4.28. The lowest BCUT2D eigenvalue weighted by molar-refractivity contribution is 0.490. The molecule has 0 saturated carbocycles. The lowest BCUT2D eigenvalue weighted by atomic mass is 10.2. The molecule has 0 saturated heterocycles. The van der Waals surface area contributed by atoms with Gasteiger partial charge in [0.05, 0.1) is 22.1 Å². The highest BCUT2D eigenvalue weighted by Crippen LogP contribution is 2.32. The van der Waals surface area contributed by atoms with Crippen molar-refractivity contribution in [1.29, 1.82) is 0 Å². The van der Waals surface area contributed by atoms with Gasteiger partial charge in [0.15, 0.2) is 8.07 Å². The molecule has 1 aliphatic heterocycles. The predicted octanol–water partition coefficient (Wildman–Crippen LogP) is 7.05. The highest BCUT2D eigenvalue weighted by molar-refractivity contribution is 7.20. The Bertz CT molecular complexity index is 2900. The van der Waals surface area contributed by atoms with E-state index in [2.05, 4.69) is 162 Å². The summed E-state index contributed by atoms with van der Waals surface area (Å²) in [5.41, 5.74) is 4.40. The summed E-state index contributed by atoms with van der Waals surface area (Å²) >= 11 is 0. The van der Waals surface area contributed by atoms with Crippen LogP contribution >= 0.6 is 0 Å². The largest absolute Gasteiger partial charge is 0.458 e. The van der Waals surface area contributed by atoms with Gasteiger partial charge < -0.3 is 4.74 Å². The molecular weight excluding hydrogens is 667 g/mol. The first kappa shape index (κ1) is 27.7. The molecule has 9 aromatic rings. The zero-order valence-electron chi connectivity index (χ0n) is 31.9. The second-order valence-electron chi connectivity index (χ2n) is 14.2. The molecular formula is C46H37N3OSi2. The van der Waals surface area contributed by atoms with Gasteiger partial charge in [0.2, 0.25) is 5.78 Å². The van der Waals surface area contributed by atoms with Crippen LogP contribution in [0.3, 0.4) is 0 Å². The van der Waals surface area contributed by atoms with Crippen molar-refractivity contribution in [2.24, 2.45) is 0 Å². The van der Waals surface area contributed by atoms with Crippen molar-refractivity contribution in [2.45, 2.75) is 19.9 Å². The minimum Gasteiger partial charge on any atom is -0.458 e. The van der Waals surface area contributed by atoms with Gasteiger partial charge in [-0.2, -0.15) is 0 Å². The van der Waals surface area contributed by atoms with Crippen LogP contribution < -0.4 is 35.9 Å². The van der Waals surface area contributed by atoms with Crippen LogP contribution in [0.2, 0.25) is 13.1 Å². The molecule has 52 heavy (non-hydrogen) atoms. The fourth-order valence-electron chi connectivity index (χ4n) is 8.66. The number of nitrogens with zero attached hydrogens (tertiary/aromatic N) is 3. The maximum Gasteiger partial charge on any atom is 0.220 e. The summed E-state index contributed by atoms with van der Waals surface area (Å²) < 4.78 is 36.3. The van der Waals surface area contributed by atoms with E-state index in [0.29, 0.717) is 11.3 Å². The standard InChI is InChI=1S/C46H37N3OSi2/c1-32-17-14-26-39-44(32)47-46-48(37-24-10-11-25-38(37)49(39)46)33-18-15-23-36(31-33)52(34-19-6-4-7-20-34,35-21-8-5-9-22-35)43-30-16-29-42-45(43)50-40-27-12-13-28-41(40)51(42,2)3/h4-31H,1-3H3/i1D3. The van der Waals surface area contributed by atoms with Gasteiger partial charge in [-0.3, -0.25) is 8.97 Å². The molecule has 0 amide bonds. The molecule has 7 aromatic carbocycles. The molecule has 0 unspecified atom stereocenters. The molecule has 0 radical (unpaired) electrons. The second kappa shape index (κ2) is 11.5. The number of hydrogen-bond acceptors (Lipinski definition) is 2. The molecule has 4 nitrogen and oxygen atoms in total. The first-order chi connectivity index (χ1) is 26.7. The van der Waals surface area contributed by atoms with Crippen molar-refractivity contribution < 1.29 is 8.85 Å². The van der Waals surface area contributed by atoms with Crippen LogP contribution in [0.4, 0.5) is 0 Å². The molecule has 0 N–H and O–H groups in total. The van der Waals surface area contributed by atoms with Gasteiger partial charge in [-0.05, 0) is 79.9 Å². The van der Waals surface area contributed by atoms with E-state index in [1.165, 1.54) is 31.1 Å². The molecule has 0 fully saturated rings. The van der Waals surface area contributed by atoms with Crippen LogP contribution in [0.25, 0.3) is 33.5 Å². The summed E-state index contributed by atoms with van der Waals surface area (Å²) in [4.78, 5) is 5.12. The van der Waals surface area contributed by atoms with Gasteiger partial charge in [-0.1, -0.05) is 147 Å². The van der Waals surface area contributed by atoms with E-state index in [0.717, 1.165) is 33.7 Å². The SMILES string of the molecule is [2H]C([2H])([2H])c1cccc2c1nc1n(-c3cccc([Si](c4ccccc4)(c4ccccc4)c4cccc5c4Oc4ccccc4[Si]5(C)C)c3)c3ccccc3n21. The van der Waals surface area contributed by atoms with Gasteiger partial charge in [0.1, 0.15) is 19.6 Å². The minimum atomic E-state index is -3.13. The summed E-state index contributed by atoms with van der Waals surface area (Å²) in [5, 5.41) is 7.54. The average Bonchev–Trinajstić information content (AvgIpc) is 3.74. The van der Waals surface area contributed by atoms with E-state index in [-0.39, 0.29) is 5.56 Å². The molecule has 0 bridgehead atoms. The van der Waals surface area contributed by atoms with Crippen LogP contribution in [-0.4, -0.2) is 30.1 Å². The molecule has 0 aliphatic carbocycles. The number of ether oxygens (including phenoxy) is 1. The fourth-order valence-corrected chi connectivity index (χ4v) is 16.5. The molecule has 0 spiro atoms. The molecule has 10 rings (SSSR count). The first-order valence-corrected chi connectivity index (χ1v) is 22.7. The van der Waals surface area contributed by atoms with Gasteiger partial charge in [-0.15, -0.1) is 0 Å². The van der Waals surface area contributed by atoms with E-state index >= 15 is 0 Å². The topological polar surface area (TPSA) is 31.5 Å². The zero-order valence-corrected chi connectivity index (χ0v) is 30.9. The second-order valence-corrected chi connectivity index (χ2v) is 22.3. The Morgan fingerprint density at radius 1 is 0.596 bits per heavy atom. The van der Waals surface area contributed by atoms with Crippen molar-refractivity contribution >= 4 is 75.1 Å². The Kier molecular flexibility index (Phi) is 6.15. The van der Waals surface area contributed by atoms with Gasteiger partial charge >= 0.3 is 0 Å². The van der Waals surface area contributed by atoms with Crippen LogP contribution in [0, 0.1) is 6.85 Å². The number of hydrogen-bond donors (Lipinski definition) is 0. The van der Waals surface area contributed by atoms with Gasteiger partial charge in [0, 0.05) is 9.80 Å². The normalized spacial score (nSPS) is 14.7. The van der Waals surface area contributed by atoms with Crippen LogP contribution in [0.1, 0.15) is 9.68 Å². The monoisotopic (exact) mass is 706 g/mol. The van der Waals surface area contributed by atoms with Crippen molar-refractivity contribution in [3.63, 3.8) is 0 Å². The number of benzene rings is 7. The Morgan fingerprint density at radius 3 is 1.98 bits per heavy atom. The van der Waals surface area contributed by atoms with E-state index in [4.69, 9.17) is 13.8 Å². The zero-order chi connectivity index (χ0) is 37.5. The van der Waals surface area contributed by atoms with E-state index in [1.54, 1.807) is 6.07 Å². The Labute approximate surface area is 309 Å². The highest BCUT2D eigenvalue weighted by Gasteiger charge is 2.47. The average molecular weight is 707 g/mol. The van der Waals surface area contributed by atoms with E-state index < -0.39 is 23.0 Å².